The molecule has 0 amide bonds. The highest BCUT2D eigenvalue weighted by Crippen LogP contribution is 2.33. The number of hydrogen-bond donors (Lipinski definition) is 1. The first kappa shape index (κ1) is 15.9. The van der Waals surface area contributed by atoms with Gasteiger partial charge in [-0.05, 0) is 30.5 Å². The summed E-state index contributed by atoms with van der Waals surface area (Å²) in [7, 11) is 0. The highest BCUT2D eigenvalue weighted by molar-refractivity contribution is 5.52. The van der Waals surface area contributed by atoms with Crippen LogP contribution in [0.4, 0.5) is 0 Å². The molecule has 0 bridgehead atoms. The van der Waals surface area contributed by atoms with Crippen LogP contribution in [0.2, 0.25) is 0 Å². The number of nitrogens with zero attached hydrogens (tertiary/aromatic N) is 4. The lowest BCUT2D eigenvalue weighted by atomic mass is 9.84. The minimum atomic E-state index is -0.741. The van der Waals surface area contributed by atoms with Crippen molar-refractivity contribution >= 4 is 0 Å². The predicted molar refractivity (Wildman–Crippen MR) is 92.4 cm³/mol. The van der Waals surface area contributed by atoms with Crippen LogP contribution < -0.4 is 0 Å². The quantitative estimate of drug-likeness (QED) is 0.789. The Bertz CT molecular complexity index is 812. The van der Waals surface area contributed by atoms with E-state index in [4.69, 9.17) is 4.52 Å². The zero-order valence-electron chi connectivity index (χ0n) is 13.9. The van der Waals surface area contributed by atoms with E-state index >= 15 is 0 Å². The van der Waals surface area contributed by atoms with Gasteiger partial charge in [-0.3, -0.25) is 9.88 Å². The average Bonchev–Trinajstić information content (AvgIpc) is 3.14. The summed E-state index contributed by atoms with van der Waals surface area (Å²) in [6.45, 7) is 2.18. The Kier molecular flexibility index (Phi) is 4.29. The summed E-state index contributed by atoms with van der Waals surface area (Å²) in [5.74, 6) is 1.17. The third-order valence-corrected chi connectivity index (χ3v) is 4.76. The summed E-state index contributed by atoms with van der Waals surface area (Å²) in [6, 6.07) is 13.6. The van der Waals surface area contributed by atoms with Crippen molar-refractivity contribution in [2.45, 2.75) is 25.0 Å². The normalized spacial score (nSPS) is 17.5. The monoisotopic (exact) mass is 336 g/mol. The van der Waals surface area contributed by atoms with Gasteiger partial charge in [0.25, 0.3) is 0 Å². The highest BCUT2D eigenvalue weighted by atomic mass is 16.5. The standard InChI is InChI=1S/C19H20N4O2/c24-19(16-4-2-1-3-5-16)8-12-23(13-9-19)14-17-21-18(22-25-17)15-6-10-20-11-7-15/h1-7,10-11,24H,8-9,12-14H2. The van der Waals surface area contributed by atoms with Crippen LogP contribution in [-0.2, 0) is 12.1 Å². The summed E-state index contributed by atoms with van der Waals surface area (Å²) in [6.07, 6.45) is 4.81. The van der Waals surface area contributed by atoms with Crippen LogP contribution in [0.15, 0.2) is 59.4 Å². The van der Waals surface area contributed by atoms with E-state index in [1.165, 1.54) is 0 Å². The molecule has 0 saturated carbocycles. The van der Waals surface area contributed by atoms with Crippen molar-refractivity contribution in [2.75, 3.05) is 13.1 Å². The molecule has 6 nitrogen and oxygen atoms in total. The van der Waals surface area contributed by atoms with E-state index in [9.17, 15) is 5.11 Å². The molecule has 1 fully saturated rings. The molecule has 3 aromatic rings. The lowest BCUT2D eigenvalue weighted by Crippen LogP contribution is -2.42. The van der Waals surface area contributed by atoms with Crippen molar-refractivity contribution < 1.29 is 9.63 Å². The van der Waals surface area contributed by atoms with E-state index in [1.807, 2.05) is 42.5 Å². The molecule has 0 spiro atoms. The lowest BCUT2D eigenvalue weighted by molar-refractivity contribution is -0.0295. The van der Waals surface area contributed by atoms with Crippen LogP contribution in [0, 0.1) is 0 Å². The zero-order chi connectivity index (χ0) is 17.1. The van der Waals surface area contributed by atoms with E-state index < -0.39 is 5.60 Å². The second kappa shape index (κ2) is 6.74. The van der Waals surface area contributed by atoms with Gasteiger partial charge < -0.3 is 9.63 Å². The van der Waals surface area contributed by atoms with Gasteiger partial charge >= 0.3 is 0 Å². The predicted octanol–water partition coefficient (Wildman–Crippen LogP) is 2.62. The first-order chi connectivity index (χ1) is 12.2. The molecule has 3 heterocycles. The van der Waals surface area contributed by atoms with Crippen LogP contribution in [-0.4, -0.2) is 38.2 Å². The minimum absolute atomic E-state index is 0.579. The third kappa shape index (κ3) is 3.45. The van der Waals surface area contributed by atoms with Gasteiger partial charge in [0.2, 0.25) is 11.7 Å². The van der Waals surface area contributed by atoms with Crippen LogP contribution in [0.1, 0.15) is 24.3 Å². The fraction of sp³-hybridized carbons (Fsp3) is 0.316. The fourth-order valence-electron chi connectivity index (χ4n) is 3.25. The maximum absolute atomic E-state index is 10.9. The highest BCUT2D eigenvalue weighted by Gasteiger charge is 2.34. The van der Waals surface area contributed by atoms with Gasteiger partial charge in [0, 0.05) is 31.0 Å². The van der Waals surface area contributed by atoms with Gasteiger partial charge in [-0.15, -0.1) is 0 Å². The molecule has 128 valence electrons. The molecule has 1 aliphatic rings. The molecular formula is C19H20N4O2. The summed E-state index contributed by atoms with van der Waals surface area (Å²) in [4.78, 5) is 10.7. The number of piperidine rings is 1. The summed E-state index contributed by atoms with van der Waals surface area (Å²) >= 11 is 0. The number of aromatic nitrogens is 3. The Morgan fingerprint density at radius 3 is 2.48 bits per heavy atom. The number of aliphatic hydroxyl groups is 1. The van der Waals surface area contributed by atoms with Crippen molar-refractivity contribution in [3.63, 3.8) is 0 Å². The van der Waals surface area contributed by atoms with Crippen LogP contribution in [0.25, 0.3) is 11.4 Å². The maximum atomic E-state index is 10.9. The van der Waals surface area contributed by atoms with Gasteiger partial charge in [-0.25, -0.2) is 0 Å². The van der Waals surface area contributed by atoms with E-state index in [-0.39, 0.29) is 0 Å². The fourth-order valence-corrected chi connectivity index (χ4v) is 3.25. The molecule has 1 aliphatic heterocycles. The van der Waals surface area contributed by atoms with Gasteiger partial charge in [0.1, 0.15) is 0 Å². The third-order valence-electron chi connectivity index (χ3n) is 4.76. The van der Waals surface area contributed by atoms with E-state index in [2.05, 4.69) is 20.0 Å². The number of rotatable bonds is 4. The Morgan fingerprint density at radius 1 is 1.04 bits per heavy atom. The van der Waals surface area contributed by atoms with E-state index in [1.54, 1.807) is 12.4 Å². The maximum Gasteiger partial charge on any atom is 0.241 e. The first-order valence-electron chi connectivity index (χ1n) is 8.46. The molecule has 6 heteroatoms. The number of hydrogen-bond acceptors (Lipinski definition) is 6. The van der Waals surface area contributed by atoms with Gasteiger partial charge in [0.05, 0.1) is 12.1 Å². The molecule has 0 atom stereocenters. The largest absolute Gasteiger partial charge is 0.385 e. The van der Waals surface area contributed by atoms with Crippen molar-refractivity contribution in [3.05, 3.63) is 66.3 Å². The van der Waals surface area contributed by atoms with Crippen molar-refractivity contribution in [1.29, 1.82) is 0 Å². The van der Waals surface area contributed by atoms with Crippen molar-refractivity contribution in [2.24, 2.45) is 0 Å². The SMILES string of the molecule is OC1(c2ccccc2)CCN(Cc2nc(-c3ccncc3)no2)CC1. The number of benzene rings is 1. The summed E-state index contributed by atoms with van der Waals surface area (Å²) < 4.78 is 5.37. The minimum Gasteiger partial charge on any atom is -0.385 e. The van der Waals surface area contributed by atoms with Crippen LogP contribution in [0.3, 0.4) is 0 Å². The molecule has 25 heavy (non-hydrogen) atoms. The molecule has 1 N–H and O–H groups in total. The topological polar surface area (TPSA) is 75.3 Å². The Balaban J connectivity index is 1.39. The molecule has 0 aliphatic carbocycles. The Hall–Kier alpha value is -2.57. The molecule has 2 aromatic heterocycles. The molecule has 0 unspecified atom stereocenters. The second-order valence-corrected chi connectivity index (χ2v) is 6.42. The van der Waals surface area contributed by atoms with Gasteiger partial charge in [-0.2, -0.15) is 4.98 Å². The molecular weight excluding hydrogens is 316 g/mol. The number of likely N-dealkylation sites (tertiary alicyclic amines) is 1. The molecule has 4 rings (SSSR count). The summed E-state index contributed by atoms with van der Waals surface area (Å²) in [5, 5.41) is 14.9. The van der Waals surface area contributed by atoms with Gasteiger partial charge in [-0.1, -0.05) is 35.5 Å². The van der Waals surface area contributed by atoms with Crippen LogP contribution in [0.5, 0.6) is 0 Å². The molecule has 0 radical (unpaired) electrons. The van der Waals surface area contributed by atoms with E-state index in [0.29, 0.717) is 31.1 Å². The second-order valence-electron chi connectivity index (χ2n) is 6.42. The van der Waals surface area contributed by atoms with E-state index in [0.717, 1.165) is 24.2 Å². The smallest absolute Gasteiger partial charge is 0.241 e. The number of pyridine rings is 1. The Labute approximate surface area is 146 Å². The Morgan fingerprint density at radius 2 is 1.76 bits per heavy atom. The summed E-state index contributed by atoms with van der Waals surface area (Å²) in [5.41, 5.74) is 1.14. The van der Waals surface area contributed by atoms with Gasteiger partial charge in [0.15, 0.2) is 0 Å². The average molecular weight is 336 g/mol. The molecule has 1 aromatic carbocycles. The van der Waals surface area contributed by atoms with Crippen molar-refractivity contribution in [3.8, 4) is 11.4 Å². The molecule has 1 saturated heterocycles. The van der Waals surface area contributed by atoms with Crippen molar-refractivity contribution in [1.82, 2.24) is 20.0 Å². The lowest BCUT2D eigenvalue weighted by Gasteiger charge is -2.38. The first-order valence-corrected chi connectivity index (χ1v) is 8.46. The van der Waals surface area contributed by atoms with Crippen LogP contribution >= 0.6 is 0 Å². The zero-order valence-corrected chi connectivity index (χ0v) is 13.9.